The van der Waals surface area contributed by atoms with Crippen molar-refractivity contribution in [2.75, 3.05) is 13.7 Å². The van der Waals surface area contributed by atoms with E-state index in [0.29, 0.717) is 40.2 Å². The fourth-order valence-corrected chi connectivity index (χ4v) is 8.96. The number of esters is 2. The second-order valence-corrected chi connectivity index (χ2v) is 16.1. The van der Waals surface area contributed by atoms with Gasteiger partial charge in [0.05, 0.1) is 7.11 Å². The van der Waals surface area contributed by atoms with Gasteiger partial charge in [0, 0.05) is 12.0 Å². The summed E-state index contributed by atoms with van der Waals surface area (Å²) in [5, 5.41) is 6.90. The van der Waals surface area contributed by atoms with Gasteiger partial charge >= 0.3 is 35.0 Å². The summed E-state index contributed by atoms with van der Waals surface area (Å²) in [5.74, 6) is -2.21. The van der Waals surface area contributed by atoms with Crippen molar-refractivity contribution in [3.63, 3.8) is 0 Å². The van der Waals surface area contributed by atoms with Crippen molar-refractivity contribution in [2.45, 2.75) is 120 Å². The van der Waals surface area contributed by atoms with Gasteiger partial charge in [0.1, 0.15) is 12.5 Å². The zero-order chi connectivity index (χ0) is 40.4. The molecular formula is C47H58MgN4O5-2. The number of aromatic nitrogens is 3. The molecule has 3 aromatic rings. The summed E-state index contributed by atoms with van der Waals surface area (Å²) in [6.45, 7) is 19.3. The molecule has 1 aliphatic carbocycles. The Bertz CT molecular complexity index is 2240. The third kappa shape index (κ3) is 8.73. The van der Waals surface area contributed by atoms with E-state index in [-0.39, 0.29) is 59.7 Å². The molecule has 6 rings (SSSR count). The Labute approximate surface area is 354 Å². The Balaban J connectivity index is 0.00000620. The number of rotatable bonds is 14. The molecule has 4 atom stereocenters. The molecule has 0 radical (unpaired) electrons. The number of allylic oxidation sites excluding steroid dienone is 3. The minimum atomic E-state index is -1.20. The van der Waals surface area contributed by atoms with Crippen LogP contribution in [0.15, 0.2) is 23.0 Å². The Morgan fingerprint density at radius 3 is 2.26 bits per heavy atom. The minimum absolute atomic E-state index is 0. The number of nitrogens with zero attached hydrogens (tertiary/aromatic N) is 4. The molecule has 3 aliphatic rings. The van der Waals surface area contributed by atoms with Crippen LogP contribution in [-0.4, -0.2) is 54.5 Å². The molecule has 8 bridgehead atoms. The molecule has 0 amide bonds. The van der Waals surface area contributed by atoms with Gasteiger partial charge in [0.25, 0.3) is 0 Å². The molecule has 3 aromatic heterocycles. The minimum Gasteiger partial charge on any atom is -0.664 e. The normalized spacial score (nSPS) is 22.4. The summed E-state index contributed by atoms with van der Waals surface area (Å²) in [6, 6.07) is 0. The van der Waals surface area contributed by atoms with Crippen molar-refractivity contribution in [1.82, 2.24) is 15.0 Å². The van der Waals surface area contributed by atoms with Crippen molar-refractivity contribution < 1.29 is 23.9 Å². The number of ketones is 1. The van der Waals surface area contributed by atoms with Crippen molar-refractivity contribution in [3.8, 4) is 0 Å². The molecular weight excluding hydrogens is 725 g/mol. The fourth-order valence-electron chi connectivity index (χ4n) is 8.96. The first kappa shape index (κ1) is 44.1. The molecule has 0 saturated carbocycles. The van der Waals surface area contributed by atoms with Gasteiger partial charge in [-0.15, -0.1) is 33.5 Å². The molecule has 0 aromatic carbocycles. The molecule has 9 nitrogen and oxygen atoms in total. The van der Waals surface area contributed by atoms with E-state index in [0.717, 1.165) is 81.6 Å². The van der Waals surface area contributed by atoms with E-state index in [9.17, 15) is 14.4 Å². The van der Waals surface area contributed by atoms with Crippen LogP contribution in [0.2, 0.25) is 0 Å². The molecule has 300 valence electrons. The van der Waals surface area contributed by atoms with Crippen LogP contribution in [0, 0.1) is 44.4 Å². The second-order valence-electron chi connectivity index (χ2n) is 16.1. The van der Waals surface area contributed by atoms with Gasteiger partial charge in [-0.05, 0) is 83.6 Å². The van der Waals surface area contributed by atoms with Gasteiger partial charge in [-0.25, -0.2) is 0 Å². The van der Waals surface area contributed by atoms with Crippen molar-refractivity contribution >= 4 is 64.6 Å². The average molecular weight is 783 g/mol. The van der Waals surface area contributed by atoms with E-state index < -0.39 is 11.9 Å². The monoisotopic (exact) mass is 782 g/mol. The molecule has 10 heteroatoms. The van der Waals surface area contributed by atoms with Gasteiger partial charge in [0.2, 0.25) is 0 Å². The van der Waals surface area contributed by atoms with E-state index in [1.165, 1.54) is 31.9 Å². The standard InChI is InChI=1S/C47H59N4O5.Mg/c1-11-15-25(4)16-14-17-26(5)20-21-56-40(52)19-18-33-29(8)36-22-34-27(6)31(12-2)38(48-34)23-35-28(7)32(13-3)39(49-35)24-37-30(9)41-45(51-37)42(44(33)50-36)43(46(41)53)47(54)55-10;/h20,22-25,29,33,43H,11-19,21H2,1-10H3,(H-,50,51,53);/q-3;+2/p-1/b26-20-,35-23-,36-22-,39-24-;/t25-,29+,33+,43-;/m1./s1. The van der Waals surface area contributed by atoms with Crippen LogP contribution in [0.5, 0.6) is 0 Å². The van der Waals surface area contributed by atoms with Gasteiger partial charge in [-0.3, -0.25) is 14.4 Å². The number of ether oxygens (including phenoxy) is 2. The Morgan fingerprint density at radius 2 is 1.58 bits per heavy atom. The van der Waals surface area contributed by atoms with Crippen molar-refractivity contribution in [2.24, 2.45) is 23.7 Å². The van der Waals surface area contributed by atoms with E-state index in [2.05, 4.69) is 61.5 Å². The molecule has 5 heterocycles. The van der Waals surface area contributed by atoms with E-state index in [4.69, 9.17) is 29.7 Å². The second kappa shape index (κ2) is 18.7. The maximum absolute atomic E-state index is 14.3. The van der Waals surface area contributed by atoms with Crippen LogP contribution < -0.4 is 25.7 Å². The molecule has 0 N–H and O–H groups in total. The maximum Gasteiger partial charge on any atom is 2.00 e. The van der Waals surface area contributed by atoms with Gasteiger partial charge < -0.3 is 29.7 Å². The first-order chi connectivity index (χ1) is 26.8. The zero-order valence-electron chi connectivity index (χ0n) is 35.7. The number of Topliss-reactive ketones (excluding diaryl/α,β-unsaturated/α-hetero) is 1. The summed E-state index contributed by atoms with van der Waals surface area (Å²) in [5.41, 5.74) is 11.4. The summed E-state index contributed by atoms with van der Waals surface area (Å²) in [7, 11) is 1.30. The number of carbonyl (C=O) groups excluding carboxylic acids is 3. The SMILES string of the molecule is CCC[C@@H](C)CCC/C(C)=C\COC(=O)CC[C@@H]1/C2=C3/c4[n-]c(c(C)c4C(=O)[C@@H]3C(=O)OC)/C=c3\[n-]/c(c(C)c3CC)=C\c3[n-]c(c(C)c3CC)/C=C(\[N-]2)[C@H]1C.[Mg+2]. The Hall–Kier alpha value is -4.02. The van der Waals surface area contributed by atoms with Crippen LogP contribution in [0.4, 0.5) is 0 Å². The Kier molecular flexibility index (Phi) is 14.5. The predicted molar refractivity (Wildman–Crippen MR) is 227 cm³/mol. The van der Waals surface area contributed by atoms with Crippen LogP contribution in [0.3, 0.4) is 0 Å². The summed E-state index contributed by atoms with van der Waals surface area (Å²) >= 11 is 0. The number of hydrogen-bond acceptors (Lipinski definition) is 5. The predicted octanol–water partition coefficient (Wildman–Crippen LogP) is 7.45. The third-order valence-corrected chi connectivity index (χ3v) is 12.4. The molecule has 1 fully saturated rings. The van der Waals surface area contributed by atoms with Crippen LogP contribution in [-0.2, 0) is 31.9 Å². The van der Waals surface area contributed by atoms with Gasteiger partial charge in [-0.1, -0.05) is 111 Å². The smallest absolute Gasteiger partial charge is 0.664 e. The number of carbonyl (C=O) groups is 3. The summed E-state index contributed by atoms with van der Waals surface area (Å²) in [6.07, 6.45) is 16.0. The van der Waals surface area contributed by atoms with Gasteiger partial charge in [-0.2, -0.15) is 11.4 Å². The largest absolute Gasteiger partial charge is 2.00 e. The summed E-state index contributed by atoms with van der Waals surface area (Å²) < 4.78 is 11.0. The number of fused-ring (bicyclic) bond motifs is 7. The molecule has 0 unspecified atom stereocenters. The third-order valence-electron chi connectivity index (χ3n) is 12.4. The quantitative estimate of drug-likeness (QED) is 0.0715. The number of hydrogen-bond donors (Lipinski definition) is 0. The molecule has 2 aliphatic heterocycles. The van der Waals surface area contributed by atoms with Gasteiger partial charge in [0.15, 0.2) is 5.78 Å². The molecule has 57 heavy (non-hydrogen) atoms. The van der Waals surface area contributed by atoms with Crippen molar-refractivity contribution in [3.05, 3.63) is 95.2 Å². The first-order valence-electron chi connectivity index (χ1n) is 20.6. The van der Waals surface area contributed by atoms with Crippen LogP contribution in [0.25, 0.3) is 29.1 Å². The number of methoxy groups -OCH3 is 1. The van der Waals surface area contributed by atoms with Crippen LogP contribution >= 0.6 is 0 Å². The van der Waals surface area contributed by atoms with E-state index in [1.54, 1.807) is 0 Å². The molecule has 0 spiro atoms. The first-order valence-corrected chi connectivity index (χ1v) is 20.6. The summed E-state index contributed by atoms with van der Waals surface area (Å²) in [4.78, 5) is 56.4. The molecule has 1 saturated heterocycles. The van der Waals surface area contributed by atoms with Crippen molar-refractivity contribution in [1.29, 1.82) is 0 Å². The van der Waals surface area contributed by atoms with Crippen LogP contribution in [0.1, 0.15) is 147 Å². The van der Waals surface area contributed by atoms with E-state index in [1.807, 2.05) is 25.2 Å². The average Bonchev–Trinajstić information content (AvgIpc) is 3.91. The fraction of sp³-hybridized carbons (Fsp3) is 0.511. The zero-order valence-corrected chi connectivity index (χ0v) is 37.1. The topological polar surface area (TPSA) is 126 Å². The maximum atomic E-state index is 14.3. The Morgan fingerprint density at radius 1 is 0.877 bits per heavy atom. The van der Waals surface area contributed by atoms with E-state index >= 15 is 0 Å².